The first-order valence-electron chi connectivity index (χ1n) is 4.80. The third-order valence-electron chi connectivity index (χ3n) is 2.25. The predicted octanol–water partition coefficient (Wildman–Crippen LogP) is 1.09. The van der Waals surface area contributed by atoms with Gasteiger partial charge in [0.1, 0.15) is 11.7 Å². The van der Waals surface area contributed by atoms with Crippen LogP contribution in [0.15, 0.2) is 12.3 Å². The molecule has 1 fully saturated rings. The lowest BCUT2D eigenvalue weighted by Crippen LogP contribution is -2.18. The fraction of sp³-hybridized carbons (Fsp3) is 0.400. The Labute approximate surface area is 90.8 Å². The maximum Gasteiger partial charge on any atom is 0.338 e. The van der Waals surface area contributed by atoms with Gasteiger partial charge in [0, 0.05) is 12.6 Å². The number of aromatic carboxylic acids is 1. The van der Waals surface area contributed by atoms with Crippen molar-refractivity contribution >= 4 is 5.97 Å². The van der Waals surface area contributed by atoms with Crippen molar-refractivity contribution in [2.75, 3.05) is 13.2 Å². The van der Waals surface area contributed by atoms with Crippen LogP contribution in [0.1, 0.15) is 16.8 Å². The first kappa shape index (κ1) is 10.8. The van der Waals surface area contributed by atoms with E-state index >= 15 is 0 Å². The van der Waals surface area contributed by atoms with Crippen LogP contribution in [-0.2, 0) is 4.74 Å². The van der Waals surface area contributed by atoms with Gasteiger partial charge in [0.25, 0.3) is 5.88 Å². The molecule has 1 aliphatic rings. The Morgan fingerprint density at radius 1 is 1.69 bits per heavy atom. The maximum atomic E-state index is 13.6. The van der Waals surface area contributed by atoms with Crippen molar-refractivity contribution in [3.63, 3.8) is 0 Å². The molecule has 86 valence electrons. The molecule has 16 heavy (non-hydrogen) atoms. The van der Waals surface area contributed by atoms with Crippen molar-refractivity contribution in [3.8, 4) is 5.88 Å². The van der Waals surface area contributed by atoms with E-state index in [2.05, 4.69) is 4.98 Å². The molecular weight excluding hydrogens is 217 g/mol. The van der Waals surface area contributed by atoms with E-state index in [-0.39, 0.29) is 12.0 Å². The van der Waals surface area contributed by atoms with Crippen molar-refractivity contribution in [2.24, 2.45) is 0 Å². The van der Waals surface area contributed by atoms with Gasteiger partial charge in [-0.05, 0) is 6.07 Å². The molecule has 0 aromatic carbocycles. The lowest BCUT2D eigenvalue weighted by Gasteiger charge is -2.11. The standard InChI is InChI=1S/C10H10FNO4/c11-8-7(10(13)14)1-3-12-9(8)16-6-2-4-15-5-6/h1,3,6H,2,4-5H2,(H,13,14). The molecule has 2 rings (SSSR count). The molecule has 6 heteroatoms. The predicted molar refractivity (Wildman–Crippen MR) is 51.0 cm³/mol. The molecule has 0 saturated carbocycles. The fourth-order valence-electron chi connectivity index (χ4n) is 1.44. The van der Waals surface area contributed by atoms with Crippen LogP contribution in [0.2, 0.25) is 0 Å². The Kier molecular flexibility index (Phi) is 3.00. The Bertz CT molecular complexity index is 404. The van der Waals surface area contributed by atoms with E-state index in [1.54, 1.807) is 0 Å². The van der Waals surface area contributed by atoms with Gasteiger partial charge in [0.15, 0.2) is 5.82 Å². The summed E-state index contributed by atoms with van der Waals surface area (Å²) in [6.07, 6.45) is 1.60. The minimum Gasteiger partial charge on any atom is -0.478 e. The van der Waals surface area contributed by atoms with Gasteiger partial charge in [0.2, 0.25) is 0 Å². The molecule has 1 unspecified atom stereocenters. The second kappa shape index (κ2) is 4.44. The molecule has 0 amide bonds. The van der Waals surface area contributed by atoms with Crippen LogP contribution in [0.25, 0.3) is 0 Å². The molecule has 0 bridgehead atoms. The molecule has 1 atom stereocenters. The van der Waals surface area contributed by atoms with E-state index in [1.165, 1.54) is 6.20 Å². The summed E-state index contributed by atoms with van der Waals surface area (Å²) in [5.74, 6) is -2.57. The highest BCUT2D eigenvalue weighted by Gasteiger charge is 2.22. The third kappa shape index (κ3) is 2.11. The molecule has 1 N–H and O–H groups in total. The molecule has 1 aliphatic heterocycles. The molecule has 0 radical (unpaired) electrons. The summed E-state index contributed by atoms with van der Waals surface area (Å²) < 4.78 is 23.8. The van der Waals surface area contributed by atoms with Crippen LogP contribution in [-0.4, -0.2) is 35.4 Å². The van der Waals surface area contributed by atoms with Crippen LogP contribution < -0.4 is 4.74 Å². The maximum absolute atomic E-state index is 13.6. The topological polar surface area (TPSA) is 68.7 Å². The highest BCUT2D eigenvalue weighted by Crippen LogP contribution is 2.20. The second-order valence-corrected chi connectivity index (χ2v) is 3.39. The van der Waals surface area contributed by atoms with Crippen LogP contribution >= 0.6 is 0 Å². The fourth-order valence-corrected chi connectivity index (χ4v) is 1.44. The zero-order chi connectivity index (χ0) is 11.5. The second-order valence-electron chi connectivity index (χ2n) is 3.39. The van der Waals surface area contributed by atoms with Gasteiger partial charge in [-0.3, -0.25) is 0 Å². The molecule has 1 saturated heterocycles. The summed E-state index contributed by atoms with van der Waals surface area (Å²) in [4.78, 5) is 14.3. The third-order valence-corrected chi connectivity index (χ3v) is 2.25. The van der Waals surface area contributed by atoms with Crippen LogP contribution in [0.3, 0.4) is 0 Å². The number of nitrogens with zero attached hydrogens (tertiary/aromatic N) is 1. The highest BCUT2D eigenvalue weighted by molar-refractivity contribution is 5.88. The smallest absolute Gasteiger partial charge is 0.338 e. The lowest BCUT2D eigenvalue weighted by atomic mass is 10.2. The number of hydrogen-bond acceptors (Lipinski definition) is 4. The van der Waals surface area contributed by atoms with Crippen molar-refractivity contribution < 1.29 is 23.8 Å². The quantitative estimate of drug-likeness (QED) is 0.836. The average molecular weight is 227 g/mol. The van der Waals surface area contributed by atoms with E-state index in [4.69, 9.17) is 14.6 Å². The number of halogens is 1. The number of carboxylic acids is 1. The zero-order valence-electron chi connectivity index (χ0n) is 8.35. The first-order valence-corrected chi connectivity index (χ1v) is 4.80. The van der Waals surface area contributed by atoms with Crippen LogP contribution in [0, 0.1) is 5.82 Å². The summed E-state index contributed by atoms with van der Waals surface area (Å²) in [7, 11) is 0. The van der Waals surface area contributed by atoms with Gasteiger partial charge in [-0.2, -0.15) is 0 Å². The molecule has 1 aromatic heterocycles. The monoisotopic (exact) mass is 227 g/mol. The van der Waals surface area contributed by atoms with Gasteiger partial charge in [0.05, 0.1) is 13.2 Å². The average Bonchev–Trinajstić information content (AvgIpc) is 2.73. The Morgan fingerprint density at radius 2 is 2.50 bits per heavy atom. The van der Waals surface area contributed by atoms with E-state index in [0.29, 0.717) is 19.6 Å². The molecular formula is C10H10FNO4. The number of carbonyl (C=O) groups is 1. The van der Waals surface area contributed by atoms with Crippen molar-refractivity contribution in [3.05, 3.63) is 23.6 Å². The van der Waals surface area contributed by atoms with Gasteiger partial charge in [-0.25, -0.2) is 14.2 Å². The zero-order valence-corrected chi connectivity index (χ0v) is 8.35. The summed E-state index contributed by atoms with van der Waals surface area (Å²) in [6.45, 7) is 0.934. The number of pyridine rings is 1. The van der Waals surface area contributed by atoms with Gasteiger partial charge < -0.3 is 14.6 Å². The van der Waals surface area contributed by atoms with Crippen molar-refractivity contribution in [1.29, 1.82) is 0 Å². The van der Waals surface area contributed by atoms with Crippen LogP contribution in [0.4, 0.5) is 4.39 Å². The summed E-state index contributed by atoms with van der Waals surface area (Å²) in [5.41, 5.74) is -0.441. The van der Waals surface area contributed by atoms with Gasteiger partial charge in [-0.1, -0.05) is 0 Å². The van der Waals surface area contributed by atoms with E-state index in [0.717, 1.165) is 6.07 Å². The normalized spacial score (nSPS) is 19.7. The summed E-state index contributed by atoms with van der Waals surface area (Å²) in [5, 5.41) is 8.70. The number of carboxylic acid groups (broad SMARTS) is 1. The number of hydrogen-bond donors (Lipinski definition) is 1. The van der Waals surface area contributed by atoms with Crippen molar-refractivity contribution in [1.82, 2.24) is 4.98 Å². The minimum atomic E-state index is -1.34. The largest absolute Gasteiger partial charge is 0.478 e. The molecule has 2 heterocycles. The molecule has 1 aromatic rings. The summed E-state index contributed by atoms with van der Waals surface area (Å²) in [6, 6.07) is 1.09. The Balaban J connectivity index is 2.20. The number of aromatic nitrogens is 1. The molecule has 0 spiro atoms. The van der Waals surface area contributed by atoms with Crippen LogP contribution in [0.5, 0.6) is 5.88 Å². The van der Waals surface area contributed by atoms with Gasteiger partial charge in [-0.15, -0.1) is 0 Å². The Hall–Kier alpha value is -1.69. The minimum absolute atomic E-state index is 0.258. The molecule has 5 nitrogen and oxygen atoms in total. The van der Waals surface area contributed by atoms with E-state index in [1.807, 2.05) is 0 Å². The van der Waals surface area contributed by atoms with Crippen molar-refractivity contribution in [2.45, 2.75) is 12.5 Å². The number of ether oxygens (including phenoxy) is 2. The van der Waals surface area contributed by atoms with E-state index in [9.17, 15) is 9.18 Å². The highest BCUT2D eigenvalue weighted by atomic mass is 19.1. The molecule has 0 aliphatic carbocycles. The van der Waals surface area contributed by atoms with E-state index < -0.39 is 17.3 Å². The summed E-state index contributed by atoms with van der Waals surface area (Å²) >= 11 is 0. The Morgan fingerprint density at radius 3 is 3.12 bits per heavy atom. The SMILES string of the molecule is O=C(O)c1ccnc(OC2CCOC2)c1F. The van der Waals surface area contributed by atoms with Gasteiger partial charge >= 0.3 is 5.97 Å². The first-order chi connectivity index (χ1) is 7.68. The lowest BCUT2D eigenvalue weighted by molar-refractivity contribution is 0.0688. The number of rotatable bonds is 3.